The lowest BCUT2D eigenvalue weighted by molar-refractivity contribution is 0.0950. The van der Waals surface area contributed by atoms with E-state index in [0.29, 0.717) is 39.8 Å². The van der Waals surface area contributed by atoms with Gasteiger partial charge in [-0.3, -0.25) is 4.79 Å². The van der Waals surface area contributed by atoms with Crippen LogP contribution in [0.2, 0.25) is 5.02 Å². The first-order chi connectivity index (χ1) is 11.0. The van der Waals surface area contributed by atoms with Crippen LogP contribution in [0, 0.1) is 5.82 Å². The Hall–Kier alpha value is -1.79. The van der Waals surface area contributed by atoms with Crippen LogP contribution in [-0.4, -0.2) is 19.1 Å². The highest BCUT2D eigenvalue weighted by Gasteiger charge is 2.17. The molecule has 0 saturated carbocycles. The number of benzene rings is 2. The molecule has 0 saturated heterocycles. The Morgan fingerprint density at radius 1 is 1.26 bits per heavy atom. The Morgan fingerprint density at radius 2 is 2.04 bits per heavy atom. The van der Waals surface area contributed by atoms with Gasteiger partial charge in [0.25, 0.3) is 5.91 Å². The number of amides is 1. The van der Waals surface area contributed by atoms with Gasteiger partial charge in [-0.15, -0.1) is 0 Å². The second kappa shape index (κ2) is 6.76. The molecule has 2 aromatic rings. The topological polar surface area (TPSA) is 47.6 Å². The van der Waals surface area contributed by atoms with Crippen molar-refractivity contribution >= 4 is 33.4 Å². The van der Waals surface area contributed by atoms with E-state index in [1.807, 2.05) is 0 Å². The van der Waals surface area contributed by atoms with Crippen molar-refractivity contribution in [3.63, 3.8) is 0 Å². The van der Waals surface area contributed by atoms with Crippen LogP contribution in [-0.2, 0) is 6.54 Å². The molecule has 4 nitrogen and oxygen atoms in total. The van der Waals surface area contributed by atoms with Crippen molar-refractivity contribution in [3.05, 3.63) is 56.8 Å². The number of nitrogens with one attached hydrogen (secondary N) is 1. The molecule has 23 heavy (non-hydrogen) atoms. The van der Waals surface area contributed by atoms with Crippen LogP contribution in [0.5, 0.6) is 11.5 Å². The number of halogens is 3. The molecule has 7 heteroatoms. The lowest BCUT2D eigenvalue weighted by Crippen LogP contribution is -2.23. The molecule has 0 aromatic heterocycles. The third-order valence-corrected chi connectivity index (χ3v) is 4.22. The van der Waals surface area contributed by atoms with Gasteiger partial charge in [-0.2, -0.15) is 0 Å². The van der Waals surface area contributed by atoms with Crippen LogP contribution in [0.25, 0.3) is 0 Å². The largest absolute Gasteiger partial charge is 0.486 e. The van der Waals surface area contributed by atoms with Gasteiger partial charge in [0.15, 0.2) is 11.5 Å². The number of hydrogen-bond acceptors (Lipinski definition) is 3. The lowest BCUT2D eigenvalue weighted by Gasteiger charge is -2.20. The molecule has 0 aliphatic carbocycles. The molecule has 0 radical (unpaired) electrons. The van der Waals surface area contributed by atoms with E-state index in [9.17, 15) is 9.18 Å². The second-order valence-corrected chi connectivity index (χ2v) is 6.17. The molecule has 0 bridgehead atoms. The van der Waals surface area contributed by atoms with Gasteiger partial charge in [0.1, 0.15) is 19.0 Å². The summed E-state index contributed by atoms with van der Waals surface area (Å²) in [5.41, 5.74) is 1.14. The minimum absolute atomic E-state index is 0.263. The van der Waals surface area contributed by atoms with Crippen molar-refractivity contribution in [2.45, 2.75) is 6.54 Å². The summed E-state index contributed by atoms with van der Waals surface area (Å²) in [5.74, 6) is 0.361. The summed E-state index contributed by atoms with van der Waals surface area (Å²) in [6.45, 7) is 1.18. The predicted molar refractivity (Wildman–Crippen MR) is 87.7 cm³/mol. The Labute approximate surface area is 145 Å². The van der Waals surface area contributed by atoms with Gasteiger partial charge in [0, 0.05) is 11.0 Å². The molecule has 3 rings (SSSR count). The smallest absolute Gasteiger partial charge is 0.252 e. The molecular weight excluding hydrogens is 389 g/mol. The highest BCUT2D eigenvalue weighted by Crippen LogP contribution is 2.38. The average molecular weight is 401 g/mol. The van der Waals surface area contributed by atoms with Gasteiger partial charge < -0.3 is 14.8 Å². The van der Waals surface area contributed by atoms with Crippen molar-refractivity contribution in [1.29, 1.82) is 0 Å². The highest BCUT2D eigenvalue weighted by atomic mass is 79.9. The molecule has 1 N–H and O–H groups in total. The third kappa shape index (κ3) is 3.59. The van der Waals surface area contributed by atoms with E-state index in [2.05, 4.69) is 21.2 Å². The molecule has 1 aliphatic rings. The number of carbonyl (C=O) groups excluding carboxylic acids is 1. The van der Waals surface area contributed by atoms with E-state index in [4.69, 9.17) is 21.1 Å². The van der Waals surface area contributed by atoms with Gasteiger partial charge in [0.05, 0.1) is 10.6 Å². The molecule has 120 valence electrons. The molecular formula is C16H12BrClFNO3. The Morgan fingerprint density at radius 3 is 2.83 bits per heavy atom. The van der Waals surface area contributed by atoms with Crippen molar-refractivity contribution in [3.8, 4) is 11.5 Å². The summed E-state index contributed by atoms with van der Waals surface area (Å²) in [4.78, 5) is 12.2. The molecule has 0 unspecified atom stereocenters. The SMILES string of the molecule is O=C(NCc1cc(Cl)c2c(c1)OCCO2)c1ccc(F)cc1Br. The third-order valence-electron chi connectivity index (χ3n) is 3.29. The minimum atomic E-state index is -0.410. The lowest BCUT2D eigenvalue weighted by atomic mass is 10.1. The first kappa shape index (κ1) is 16.1. The normalized spacial score (nSPS) is 12.8. The summed E-state index contributed by atoms with van der Waals surface area (Å²) in [6.07, 6.45) is 0. The molecule has 1 aliphatic heterocycles. The maximum absolute atomic E-state index is 13.1. The molecule has 1 amide bonds. The summed E-state index contributed by atoms with van der Waals surface area (Å²) in [5, 5.41) is 3.20. The predicted octanol–water partition coefficient (Wildman–Crippen LogP) is 3.94. The number of carbonyl (C=O) groups is 1. The fourth-order valence-corrected chi connectivity index (χ4v) is 3.04. The van der Waals surface area contributed by atoms with Crippen LogP contribution in [0.15, 0.2) is 34.8 Å². The molecule has 0 fully saturated rings. The van der Waals surface area contributed by atoms with Gasteiger partial charge in [0.2, 0.25) is 0 Å². The van der Waals surface area contributed by atoms with Gasteiger partial charge in [-0.1, -0.05) is 11.6 Å². The fourth-order valence-electron chi connectivity index (χ4n) is 2.22. The van der Waals surface area contributed by atoms with Crippen molar-refractivity contribution in [2.24, 2.45) is 0 Å². The summed E-state index contributed by atoms with van der Waals surface area (Å²) in [7, 11) is 0. The van der Waals surface area contributed by atoms with Crippen LogP contribution in [0.4, 0.5) is 4.39 Å². The van der Waals surface area contributed by atoms with Crippen molar-refractivity contribution in [1.82, 2.24) is 5.32 Å². The van der Waals surface area contributed by atoms with E-state index < -0.39 is 5.82 Å². The van der Waals surface area contributed by atoms with Gasteiger partial charge in [-0.05, 0) is 51.8 Å². The zero-order valence-electron chi connectivity index (χ0n) is 11.9. The summed E-state index contributed by atoms with van der Waals surface area (Å²) >= 11 is 9.33. The number of rotatable bonds is 3. The maximum atomic E-state index is 13.1. The van der Waals surface area contributed by atoms with Crippen LogP contribution in [0.1, 0.15) is 15.9 Å². The van der Waals surface area contributed by atoms with E-state index in [0.717, 1.165) is 5.56 Å². The van der Waals surface area contributed by atoms with Crippen LogP contribution < -0.4 is 14.8 Å². The van der Waals surface area contributed by atoms with Crippen LogP contribution >= 0.6 is 27.5 Å². The first-order valence-corrected chi connectivity index (χ1v) is 8.03. The van der Waals surface area contributed by atoms with Crippen molar-refractivity contribution in [2.75, 3.05) is 13.2 Å². The number of fused-ring (bicyclic) bond motifs is 1. The van der Waals surface area contributed by atoms with E-state index >= 15 is 0 Å². The molecule has 0 atom stereocenters. The first-order valence-electron chi connectivity index (χ1n) is 6.86. The minimum Gasteiger partial charge on any atom is -0.486 e. The summed E-state index contributed by atoms with van der Waals surface area (Å²) in [6, 6.07) is 7.40. The van der Waals surface area contributed by atoms with E-state index in [1.165, 1.54) is 18.2 Å². The van der Waals surface area contributed by atoms with Gasteiger partial charge >= 0.3 is 0 Å². The number of hydrogen-bond donors (Lipinski definition) is 1. The molecule has 1 heterocycles. The number of ether oxygens (including phenoxy) is 2. The quantitative estimate of drug-likeness (QED) is 0.849. The van der Waals surface area contributed by atoms with E-state index in [-0.39, 0.29) is 12.5 Å². The zero-order chi connectivity index (χ0) is 16.4. The highest BCUT2D eigenvalue weighted by molar-refractivity contribution is 9.10. The second-order valence-electron chi connectivity index (χ2n) is 4.91. The van der Waals surface area contributed by atoms with Crippen molar-refractivity contribution < 1.29 is 18.7 Å². The van der Waals surface area contributed by atoms with Gasteiger partial charge in [-0.25, -0.2) is 4.39 Å². The standard InChI is InChI=1S/C16H12BrClFNO3/c17-12-7-10(19)1-2-11(12)16(21)20-8-9-5-13(18)15-14(6-9)22-3-4-23-15/h1-2,5-7H,3-4,8H2,(H,20,21). The zero-order valence-corrected chi connectivity index (χ0v) is 14.2. The maximum Gasteiger partial charge on any atom is 0.252 e. The Bertz CT molecular complexity index is 769. The van der Waals surface area contributed by atoms with Crippen LogP contribution in [0.3, 0.4) is 0 Å². The monoisotopic (exact) mass is 399 g/mol. The summed E-state index contributed by atoms with van der Waals surface area (Å²) < 4.78 is 24.4. The van der Waals surface area contributed by atoms with E-state index in [1.54, 1.807) is 12.1 Å². The molecule has 0 spiro atoms. The fraction of sp³-hybridized carbons (Fsp3) is 0.188. The Balaban J connectivity index is 1.73. The average Bonchev–Trinajstić information content (AvgIpc) is 2.53. The molecule has 2 aromatic carbocycles. The Kier molecular flexibility index (Phi) is 4.73.